The molecular weight excluding hydrogens is 260 g/mol. The van der Waals surface area contributed by atoms with Gasteiger partial charge >= 0.3 is 0 Å². The van der Waals surface area contributed by atoms with E-state index in [0.717, 1.165) is 24.3 Å². The smallest absolute Gasteiger partial charge is 0.200 e. The van der Waals surface area contributed by atoms with Gasteiger partial charge in [0.05, 0.1) is 5.69 Å². The Bertz CT molecular complexity index is 597. The van der Waals surface area contributed by atoms with Gasteiger partial charge in [-0.15, -0.1) is 0 Å². The van der Waals surface area contributed by atoms with Crippen molar-refractivity contribution in [3.8, 4) is 0 Å². The molecule has 1 aromatic heterocycles. The zero-order valence-electron chi connectivity index (χ0n) is 12.5. The molecule has 110 valence electrons. The maximum absolute atomic E-state index is 13.1. The van der Waals surface area contributed by atoms with Crippen molar-refractivity contribution in [1.29, 1.82) is 0 Å². The molecule has 0 spiro atoms. The average molecular weight is 282 g/mol. The summed E-state index contributed by atoms with van der Waals surface area (Å²) in [7, 11) is 1.94. The van der Waals surface area contributed by atoms with Crippen LogP contribution in [0.1, 0.15) is 41.4 Å². The monoisotopic (exact) mass is 282 g/mol. The molecule has 0 N–H and O–H groups in total. The van der Waals surface area contributed by atoms with E-state index in [4.69, 9.17) is 0 Å². The Hall–Kier alpha value is -1.87. The van der Waals surface area contributed by atoms with Crippen LogP contribution in [-0.2, 0) is 7.05 Å². The molecule has 21 heavy (non-hydrogen) atoms. The lowest BCUT2D eigenvalue weighted by Crippen LogP contribution is -2.38. The molecule has 0 unspecified atom stereocenters. The van der Waals surface area contributed by atoms with Gasteiger partial charge in [-0.3, -0.25) is 9.69 Å². The summed E-state index contributed by atoms with van der Waals surface area (Å²) >= 11 is 0. The van der Waals surface area contributed by atoms with Gasteiger partial charge < -0.3 is 4.57 Å². The number of ketones is 1. The molecule has 2 heterocycles. The van der Waals surface area contributed by atoms with Gasteiger partial charge in [-0.25, -0.2) is 0 Å². The van der Waals surface area contributed by atoms with Gasteiger partial charge in [0.25, 0.3) is 0 Å². The van der Waals surface area contributed by atoms with Crippen molar-refractivity contribution in [2.75, 3.05) is 13.1 Å². The SMILES string of the molecule is Cn1cccc1C(=O)[C@@H](c1ccccc1)N1CCCCC1. The molecule has 3 rings (SSSR count). The number of rotatable bonds is 4. The summed E-state index contributed by atoms with van der Waals surface area (Å²) < 4.78 is 1.92. The first kappa shape index (κ1) is 14.1. The van der Waals surface area contributed by atoms with Crippen molar-refractivity contribution >= 4 is 5.78 Å². The fourth-order valence-electron chi connectivity index (χ4n) is 3.20. The normalized spacial score (nSPS) is 17.6. The average Bonchev–Trinajstić information content (AvgIpc) is 2.96. The number of hydrogen-bond donors (Lipinski definition) is 0. The van der Waals surface area contributed by atoms with Crippen LogP contribution in [-0.4, -0.2) is 28.3 Å². The summed E-state index contributed by atoms with van der Waals surface area (Å²) in [6.07, 6.45) is 5.58. The molecule has 3 nitrogen and oxygen atoms in total. The van der Waals surface area contributed by atoms with Crippen molar-refractivity contribution in [2.45, 2.75) is 25.3 Å². The second kappa shape index (κ2) is 6.27. The largest absolute Gasteiger partial charge is 0.348 e. The van der Waals surface area contributed by atoms with Crippen LogP contribution >= 0.6 is 0 Å². The predicted octanol–water partition coefficient (Wildman–Crippen LogP) is 3.44. The zero-order valence-corrected chi connectivity index (χ0v) is 12.5. The minimum absolute atomic E-state index is 0.153. The molecule has 1 aliphatic rings. The predicted molar refractivity (Wildman–Crippen MR) is 84.4 cm³/mol. The van der Waals surface area contributed by atoms with E-state index in [1.807, 2.05) is 48.1 Å². The highest BCUT2D eigenvalue weighted by molar-refractivity contribution is 5.99. The summed E-state index contributed by atoms with van der Waals surface area (Å²) in [5.41, 5.74) is 1.89. The molecule has 1 fully saturated rings. The minimum atomic E-state index is -0.153. The summed E-state index contributed by atoms with van der Waals surface area (Å²) in [6, 6.07) is 13.9. The first-order valence-electron chi connectivity index (χ1n) is 7.72. The van der Waals surface area contributed by atoms with Gasteiger partial charge in [0.15, 0.2) is 0 Å². The standard InChI is InChI=1S/C18H22N2O/c1-19-12-8-11-16(19)18(21)17(15-9-4-2-5-10-15)20-13-6-3-7-14-20/h2,4-5,8-12,17H,3,6-7,13-14H2,1H3/t17-/m1/s1. The van der Waals surface area contributed by atoms with E-state index in [1.54, 1.807) is 0 Å². The highest BCUT2D eigenvalue weighted by Gasteiger charge is 2.30. The number of hydrogen-bond acceptors (Lipinski definition) is 2. The number of piperidine rings is 1. The third-order valence-electron chi connectivity index (χ3n) is 4.32. The summed E-state index contributed by atoms with van der Waals surface area (Å²) in [4.78, 5) is 15.4. The maximum atomic E-state index is 13.1. The van der Waals surface area contributed by atoms with Gasteiger partial charge in [0, 0.05) is 13.2 Å². The molecular formula is C18H22N2O. The molecule has 1 aromatic carbocycles. The lowest BCUT2D eigenvalue weighted by Gasteiger charge is -2.34. The van der Waals surface area contributed by atoms with Crippen LogP contribution < -0.4 is 0 Å². The van der Waals surface area contributed by atoms with Gasteiger partial charge in [-0.1, -0.05) is 36.8 Å². The lowest BCUT2D eigenvalue weighted by molar-refractivity contribution is 0.0774. The molecule has 0 amide bonds. The highest BCUT2D eigenvalue weighted by Crippen LogP contribution is 2.28. The number of likely N-dealkylation sites (tertiary alicyclic amines) is 1. The quantitative estimate of drug-likeness (QED) is 0.803. The molecule has 0 bridgehead atoms. The Balaban J connectivity index is 1.96. The summed E-state index contributed by atoms with van der Waals surface area (Å²) in [6.45, 7) is 2.02. The first-order valence-corrected chi connectivity index (χ1v) is 7.72. The van der Waals surface area contributed by atoms with Crippen LogP contribution in [0.3, 0.4) is 0 Å². The molecule has 3 heteroatoms. The second-order valence-corrected chi connectivity index (χ2v) is 5.78. The minimum Gasteiger partial charge on any atom is -0.348 e. The number of aromatic nitrogens is 1. The number of nitrogens with zero attached hydrogens (tertiary/aromatic N) is 2. The van der Waals surface area contributed by atoms with E-state index in [0.29, 0.717) is 0 Å². The molecule has 1 aliphatic heterocycles. The van der Waals surface area contributed by atoms with Gasteiger partial charge in [-0.05, 0) is 43.6 Å². The van der Waals surface area contributed by atoms with E-state index in [-0.39, 0.29) is 11.8 Å². The van der Waals surface area contributed by atoms with Crippen LogP contribution in [0.2, 0.25) is 0 Å². The fraction of sp³-hybridized carbons (Fsp3) is 0.389. The Morgan fingerprint density at radius 3 is 2.33 bits per heavy atom. The van der Waals surface area contributed by atoms with E-state index < -0.39 is 0 Å². The van der Waals surface area contributed by atoms with Gasteiger partial charge in [0.1, 0.15) is 6.04 Å². The summed E-state index contributed by atoms with van der Waals surface area (Å²) in [5, 5.41) is 0. The van der Waals surface area contributed by atoms with Crippen LogP contribution in [0.25, 0.3) is 0 Å². The number of benzene rings is 1. The molecule has 1 atom stereocenters. The van der Waals surface area contributed by atoms with Gasteiger partial charge in [0.2, 0.25) is 5.78 Å². The van der Waals surface area contributed by atoms with E-state index in [2.05, 4.69) is 17.0 Å². The van der Waals surface area contributed by atoms with Crippen LogP contribution in [0.5, 0.6) is 0 Å². The third-order valence-corrected chi connectivity index (χ3v) is 4.32. The molecule has 0 saturated carbocycles. The van der Waals surface area contributed by atoms with Crippen LogP contribution in [0, 0.1) is 0 Å². The third kappa shape index (κ3) is 2.93. The Labute approximate surface area is 126 Å². The lowest BCUT2D eigenvalue weighted by atomic mass is 9.96. The van der Waals surface area contributed by atoms with Crippen molar-refractivity contribution in [1.82, 2.24) is 9.47 Å². The van der Waals surface area contributed by atoms with Crippen molar-refractivity contribution < 1.29 is 4.79 Å². The number of carbonyl (C=O) groups excluding carboxylic acids is 1. The van der Waals surface area contributed by atoms with Crippen LogP contribution in [0.4, 0.5) is 0 Å². The molecule has 0 aliphatic carbocycles. The van der Waals surface area contributed by atoms with E-state index >= 15 is 0 Å². The maximum Gasteiger partial charge on any atom is 0.200 e. The van der Waals surface area contributed by atoms with Crippen molar-refractivity contribution in [3.05, 3.63) is 59.9 Å². The molecule has 0 radical (unpaired) electrons. The highest BCUT2D eigenvalue weighted by atomic mass is 16.1. The number of Topliss-reactive ketones (excluding diaryl/α,β-unsaturated/α-hetero) is 1. The van der Waals surface area contributed by atoms with E-state index in [9.17, 15) is 4.79 Å². The number of aryl methyl sites for hydroxylation is 1. The zero-order chi connectivity index (χ0) is 14.7. The molecule has 2 aromatic rings. The Morgan fingerprint density at radius 2 is 1.71 bits per heavy atom. The van der Waals surface area contributed by atoms with Crippen molar-refractivity contribution in [2.24, 2.45) is 7.05 Å². The second-order valence-electron chi connectivity index (χ2n) is 5.78. The Kier molecular flexibility index (Phi) is 4.20. The van der Waals surface area contributed by atoms with Crippen LogP contribution in [0.15, 0.2) is 48.7 Å². The van der Waals surface area contributed by atoms with E-state index in [1.165, 1.54) is 19.3 Å². The summed E-state index contributed by atoms with van der Waals surface area (Å²) in [5.74, 6) is 0.204. The first-order chi connectivity index (χ1) is 10.3. The molecule has 1 saturated heterocycles. The Morgan fingerprint density at radius 1 is 1.00 bits per heavy atom. The van der Waals surface area contributed by atoms with Gasteiger partial charge in [-0.2, -0.15) is 0 Å². The fourth-order valence-corrected chi connectivity index (χ4v) is 3.20. The van der Waals surface area contributed by atoms with Crippen molar-refractivity contribution in [3.63, 3.8) is 0 Å². The number of carbonyl (C=O) groups is 1. The topological polar surface area (TPSA) is 25.2 Å².